The van der Waals surface area contributed by atoms with Gasteiger partial charge in [-0.3, -0.25) is 10.1 Å². The second-order valence-electron chi connectivity index (χ2n) is 7.86. The number of oxazole rings is 1. The molecule has 5 aromatic rings. The summed E-state index contributed by atoms with van der Waals surface area (Å²) in [5.74, 6) is 1.26. The number of carbonyl (C=O) groups excluding carboxylic acids is 1. The summed E-state index contributed by atoms with van der Waals surface area (Å²) in [7, 11) is 0. The fourth-order valence-corrected chi connectivity index (χ4v) is 3.80. The highest BCUT2D eigenvalue weighted by molar-refractivity contribution is 7.80. The van der Waals surface area contributed by atoms with E-state index in [1.807, 2.05) is 49.4 Å². The minimum absolute atomic E-state index is 0.158. The average Bonchev–Trinajstić information content (AvgIpc) is 3.52. The number of nitrogens with one attached hydrogen (secondary N) is 2. The molecule has 0 bridgehead atoms. The lowest BCUT2D eigenvalue weighted by atomic mass is 10.1. The molecule has 3 heterocycles. The predicted octanol–water partition coefficient (Wildman–Crippen LogP) is 6.64. The van der Waals surface area contributed by atoms with Crippen LogP contribution >= 0.6 is 23.8 Å². The Balaban J connectivity index is 1.22. The van der Waals surface area contributed by atoms with Crippen LogP contribution in [0.25, 0.3) is 40.1 Å². The van der Waals surface area contributed by atoms with Gasteiger partial charge in [0.25, 0.3) is 0 Å². The van der Waals surface area contributed by atoms with Gasteiger partial charge in [-0.05, 0) is 91.4 Å². The number of nitrogens with zero attached hydrogens (tertiary/aromatic N) is 2. The minimum Gasteiger partial charge on any atom is -0.457 e. The number of benzene rings is 2. The molecule has 7 nitrogen and oxygen atoms in total. The Bertz CT molecular complexity index is 1570. The number of amides is 1. The van der Waals surface area contributed by atoms with Crippen molar-refractivity contribution in [1.29, 1.82) is 0 Å². The number of furan rings is 1. The summed E-state index contributed by atoms with van der Waals surface area (Å²) in [5, 5.41) is 6.51. The third-order valence-corrected chi connectivity index (χ3v) is 5.75. The van der Waals surface area contributed by atoms with Crippen molar-refractivity contribution >= 4 is 57.8 Å². The van der Waals surface area contributed by atoms with Gasteiger partial charge in [0.15, 0.2) is 16.3 Å². The number of anilines is 1. The van der Waals surface area contributed by atoms with E-state index < -0.39 is 5.91 Å². The predicted molar refractivity (Wildman–Crippen MR) is 145 cm³/mol. The van der Waals surface area contributed by atoms with E-state index in [9.17, 15) is 4.79 Å². The number of hydrogen-bond acceptors (Lipinski definition) is 6. The lowest BCUT2D eigenvalue weighted by Crippen LogP contribution is -2.33. The largest absolute Gasteiger partial charge is 0.457 e. The number of fused-ring (bicyclic) bond motifs is 1. The molecule has 0 saturated heterocycles. The van der Waals surface area contributed by atoms with E-state index in [2.05, 4.69) is 20.6 Å². The summed E-state index contributed by atoms with van der Waals surface area (Å²) in [5.41, 5.74) is 4.44. The van der Waals surface area contributed by atoms with E-state index in [4.69, 9.17) is 32.7 Å². The van der Waals surface area contributed by atoms with Gasteiger partial charge >= 0.3 is 0 Å². The molecule has 9 heteroatoms. The van der Waals surface area contributed by atoms with E-state index in [0.717, 1.165) is 22.4 Å². The molecule has 5 rings (SSSR count). The van der Waals surface area contributed by atoms with E-state index in [1.165, 1.54) is 6.08 Å². The molecule has 0 spiro atoms. The highest BCUT2D eigenvalue weighted by Crippen LogP contribution is 2.27. The van der Waals surface area contributed by atoms with Crippen LogP contribution < -0.4 is 10.6 Å². The van der Waals surface area contributed by atoms with Gasteiger partial charge in [0.05, 0.1) is 0 Å². The SMILES string of the molecule is Cc1ccc(-c2nc3ncccc3o2)cc1NC(=S)NC(=O)C=Cc1ccc(-c2ccc(Cl)cc2)o1. The maximum Gasteiger partial charge on any atom is 0.250 e. The highest BCUT2D eigenvalue weighted by atomic mass is 35.5. The van der Waals surface area contributed by atoms with Gasteiger partial charge in [-0.2, -0.15) is 4.98 Å². The van der Waals surface area contributed by atoms with Crippen molar-refractivity contribution in [3.8, 4) is 22.8 Å². The fourth-order valence-electron chi connectivity index (χ4n) is 3.46. The second-order valence-corrected chi connectivity index (χ2v) is 8.70. The number of thiocarbonyl (C=S) groups is 1. The topological polar surface area (TPSA) is 93.2 Å². The smallest absolute Gasteiger partial charge is 0.250 e. The first-order valence-electron chi connectivity index (χ1n) is 10.9. The number of hydrogen-bond donors (Lipinski definition) is 2. The van der Waals surface area contributed by atoms with E-state index in [1.54, 1.807) is 36.5 Å². The Morgan fingerprint density at radius 3 is 2.64 bits per heavy atom. The number of aryl methyl sites for hydroxylation is 1. The number of pyridine rings is 1. The molecule has 1 amide bonds. The van der Waals surface area contributed by atoms with Gasteiger partial charge in [-0.1, -0.05) is 17.7 Å². The summed E-state index contributed by atoms with van der Waals surface area (Å²) >= 11 is 11.3. The second kappa shape index (κ2) is 10.2. The number of carbonyl (C=O) groups is 1. The van der Waals surface area contributed by atoms with Crippen LogP contribution in [0.4, 0.5) is 5.69 Å². The molecular weight excluding hydrogens is 496 g/mol. The molecular formula is C27H19ClN4O3S. The zero-order chi connectivity index (χ0) is 25.1. The third-order valence-electron chi connectivity index (χ3n) is 5.29. The van der Waals surface area contributed by atoms with Crippen LogP contribution in [0.15, 0.2) is 87.8 Å². The fraction of sp³-hybridized carbons (Fsp3) is 0.0370. The van der Waals surface area contributed by atoms with Crippen LogP contribution in [0.1, 0.15) is 11.3 Å². The molecule has 0 aliphatic carbocycles. The first-order valence-corrected chi connectivity index (χ1v) is 11.7. The molecule has 0 radical (unpaired) electrons. The molecule has 0 aliphatic heterocycles. The van der Waals surface area contributed by atoms with Gasteiger partial charge in [0, 0.05) is 34.1 Å². The van der Waals surface area contributed by atoms with E-state index >= 15 is 0 Å². The summed E-state index contributed by atoms with van der Waals surface area (Å²) in [6.07, 6.45) is 4.59. The van der Waals surface area contributed by atoms with Crippen molar-refractivity contribution in [2.75, 3.05) is 5.32 Å². The molecule has 178 valence electrons. The van der Waals surface area contributed by atoms with Crippen LogP contribution in [-0.4, -0.2) is 21.0 Å². The number of aromatic nitrogens is 2. The van der Waals surface area contributed by atoms with Gasteiger partial charge < -0.3 is 14.2 Å². The Kier molecular flexibility index (Phi) is 6.62. The van der Waals surface area contributed by atoms with Crippen molar-refractivity contribution in [3.63, 3.8) is 0 Å². The van der Waals surface area contributed by atoms with Gasteiger partial charge in [-0.15, -0.1) is 0 Å². The highest BCUT2D eigenvalue weighted by Gasteiger charge is 2.12. The first kappa shape index (κ1) is 23.5. The van der Waals surface area contributed by atoms with Crippen molar-refractivity contribution in [2.45, 2.75) is 6.92 Å². The molecule has 0 fully saturated rings. The molecule has 2 aromatic carbocycles. The van der Waals surface area contributed by atoms with E-state index in [-0.39, 0.29) is 5.11 Å². The number of rotatable bonds is 5. The van der Waals surface area contributed by atoms with E-state index in [0.29, 0.717) is 33.7 Å². The minimum atomic E-state index is -0.393. The normalized spacial score (nSPS) is 11.2. The third kappa shape index (κ3) is 5.35. The Morgan fingerprint density at radius 2 is 1.83 bits per heavy atom. The monoisotopic (exact) mass is 514 g/mol. The maximum absolute atomic E-state index is 12.4. The van der Waals surface area contributed by atoms with Crippen LogP contribution in [0.3, 0.4) is 0 Å². The summed E-state index contributed by atoms with van der Waals surface area (Å²) in [6.45, 7) is 1.93. The summed E-state index contributed by atoms with van der Waals surface area (Å²) in [4.78, 5) is 21.0. The van der Waals surface area contributed by atoms with Gasteiger partial charge in [0.1, 0.15) is 11.5 Å². The Hall–Kier alpha value is -4.27. The van der Waals surface area contributed by atoms with Crippen molar-refractivity contribution in [3.05, 3.63) is 95.3 Å². The number of halogens is 1. The van der Waals surface area contributed by atoms with Crippen LogP contribution in [0.2, 0.25) is 5.02 Å². The molecule has 36 heavy (non-hydrogen) atoms. The lowest BCUT2D eigenvalue weighted by molar-refractivity contribution is -0.115. The quantitative estimate of drug-likeness (QED) is 0.200. The summed E-state index contributed by atoms with van der Waals surface area (Å²) < 4.78 is 11.6. The standard InChI is InChI=1S/C27H19ClN4O3S/c1-16-4-5-18(26-32-25-23(35-26)3-2-14-29-25)15-21(16)30-27(36)31-24(33)13-11-20-10-12-22(34-20)17-6-8-19(28)9-7-17/h2-15H,1H3,(H2,30,31,33,36). The van der Waals surface area contributed by atoms with Crippen molar-refractivity contribution in [2.24, 2.45) is 0 Å². The molecule has 0 aliphatic rings. The van der Waals surface area contributed by atoms with Crippen LogP contribution in [0.5, 0.6) is 0 Å². The molecule has 0 atom stereocenters. The molecule has 3 aromatic heterocycles. The van der Waals surface area contributed by atoms with Gasteiger partial charge in [-0.25, -0.2) is 4.98 Å². The Morgan fingerprint density at radius 1 is 1.03 bits per heavy atom. The maximum atomic E-state index is 12.4. The zero-order valence-electron chi connectivity index (χ0n) is 19.0. The lowest BCUT2D eigenvalue weighted by Gasteiger charge is -2.11. The zero-order valence-corrected chi connectivity index (χ0v) is 20.6. The molecule has 0 unspecified atom stereocenters. The first-order chi connectivity index (χ1) is 17.4. The van der Waals surface area contributed by atoms with Crippen molar-refractivity contribution in [1.82, 2.24) is 15.3 Å². The van der Waals surface area contributed by atoms with Gasteiger partial charge in [0.2, 0.25) is 11.8 Å². The van der Waals surface area contributed by atoms with Crippen LogP contribution in [-0.2, 0) is 4.79 Å². The molecule has 0 saturated carbocycles. The van der Waals surface area contributed by atoms with Crippen LogP contribution in [0, 0.1) is 6.92 Å². The summed E-state index contributed by atoms with van der Waals surface area (Å²) in [6, 6.07) is 20.2. The molecule has 2 N–H and O–H groups in total. The Labute approximate surface area is 216 Å². The average molecular weight is 515 g/mol. The van der Waals surface area contributed by atoms with Crippen molar-refractivity contribution < 1.29 is 13.6 Å².